The monoisotopic (exact) mass is 277 g/mol. The third-order valence-electron chi connectivity index (χ3n) is 3.97. The van der Waals surface area contributed by atoms with Gasteiger partial charge in [0.1, 0.15) is 5.75 Å². The van der Waals surface area contributed by atoms with Gasteiger partial charge in [-0.3, -0.25) is 0 Å². The zero-order valence-electron chi connectivity index (χ0n) is 12.7. The second kappa shape index (κ2) is 8.28. The summed E-state index contributed by atoms with van der Waals surface area (Å²) in [6.45, 7) is 4.08. The fourth-order valence-electron chi connectivity index (χ4n) is 2.98. The van der Waals surface area contributed by atoms with Gasteiger partial charge >= 0.3 is 0 Å². The lowest BCUT2D eigenvalue weighted by molar-refractivity contribution is 0.00532. The lowest BCUT2D eigenvalue weighted by Gasteiger charge is -2.28. The number of nitrogens with one attached hydrogen (secondary N) is 1. The molecule has 1 heterocycles. The molecule has 0 spiro atoms. The largest absolute Gasteiger partial charge is 0.496 e. The van der Waals surface area contributed by atoms with Gasteiger partial charge in [0, 0.05) is 12.6 Å². The maximum atomic E-state index is 5.88. The highest BCUT2D eigenvalue weighted by atomic mass is 16.5. The molecule has 1 saturated heterocycles. The average molecular weight is 277 g/mol. The standard InChI is InChI=1S/C17H27NO2/c1-3-18-15(13-16-9-6-7-11-20-16)12-14-8-4-5-10-17(14)19-2/h4-5,8,10,15-16,18H,3,6-7,9,11-13H2,1-2H3. The molecule has 0 saturated carbocycles. The molecule has 112 valence electrons. The van der Waals surface area contributed by atoms with Crippen molar-refractivity contribution in [2.24, 2.45) is 0 Å². The Bertz CT molecular complexity index is 388. The first-order valence-corrected chi connectivity index (χ1v) is 7.80. The van der Waals surface area contributed by atoms with Crippen molar-refractivity contribution in [3.8, 4) is 5.75 Å². The Morgan fingerprint density at radius 3 is 2.90 bits per heavy atom. The number of hydrogen-bond donors (Lipinski definition) is 1. The molecule has 2 unspecified atom stereocenters. The van der Waals surface area contributed by atoms with E-state index in [4.69, 9.17) is 9.47 Å². The third-order valence-corrected chi connectivity index (χ3v) is 3.97. The second-order valence-corrected chi connectivity index (χ2v) is 5.49. The van der Waals surface area contributed by atoms with Gasteiger partial charge in [-0.15, -0.1) is 0 Å². The molecule has 0 aliphatic carbocycles. The molecule has 1 fully saturated rings. The van der Waals surface area contributed by atoms with Gasteiger partial charge in [0.05, 0.1) is 13.2 Å². The van der Waals surface area contributed by atoms with Crippen LogP contribution >= 0.6 is 0 Å². The first-order chi connectivity index (χ1) is 9.83. The van der Waals surface area contributed by atoms with Gasteiger partial charge in [-0.25, -0.2) is 0 Å². The normalized spacial score (nSPS) is 20.6. The zero-order chi connectivity index (χ0) is 14.2. The van der Waals surface area contributed by atoms with Crippen molar-refractivity contribution in [1.29, 1.82) is 0 Å². The van der Waals surface area contributed by atoms with Crippen molar-refractivity contribution in [2.75, 3.05) is 20.3 Å². The highest BCUT2D eigenvalue weighted by molar-refractivity contribution is 5.33. The molecule has 0 radical (unpaired) electrons. The van der Waals surface area contributed by atoms with E-state index in [1.165, 1.54) is 24.8 Å². The Kier molecular flexibility index (Phi) is 6.34. The predicted octanol–water partition coefficient (Wildman–Crippen LogP) is 3.18. The van der Waals surface area contributed by atoms with Crippen LogP contribution in [0.2, 0.25) is 0 Å². The highest BCUT2D eigenvalue weighted by Crippen LogP contribution is 2.23. The van der Waals surface area contributed by atoms with Crippen LogP contribution in [-0.2, 0) is 11.2 Å². The van der Waals surface area contributed by atoms with E-state index in [1.807, 2.05) is 12.1 Å². The van der Waals surface area contributed by atoms with E-state index in [-0.39, 0.29) is 0 Å². The molecule has 1 aliphatic heterocycles. The van der Waals surface area contributed by atoms with E-state index in [0.29, 0.717) is 12.1 Å². The van der Waals surface area contributed by atoms with Crippen LogP contribution in [0.5, 0.6) is 5.75 Å². The summed E-state index contributed by atoms with van der Waals surface area (Å²) >= 11 is 0. The van der Waals surface area contributed by atoms with Crippen molar-refractivity contribution < 1.29 is 9.47 Å². The summed E-state index contributed by atoms with van der Waals surface area (Å²) in [7, 11) is 1.74. The first-order valence-electron chi connectivity index (χ1n) is 7.80. The molecule has 0 aromatic heterocycles. The van der Waals surface area contributed by atoms with E-state index < -0.39 is 0 Å². The maximum Gasteiger partial charge on any atom is 0.122 e. The van der Waals surface area contributed by atoms with Crippen LogP contribution in [0.25, 0.3) is 0 Å². The number of methoxy groups -OCH3 is 1. The minimum absolute atomic E-state index is 0.419. The minimum Gasteiger partial charge on any atom is -0.496 e. The van der Waals surface area contributed by atoms with Crippen molar-refractivity contribution in [3.05, 3.63) is 29.8 Å². The van der Waals surface area contributed by atoms with Gasteiger partial charge in [0.15, 0.2) is 0 Å². The predicted molar refractivity (Wildman–Crippen MR) is 82.4 cm³/mol. The number of benzene rings is 1. The molecule has 0 bridgehead atoms. The van der Waals surface area contributed by atoms with E-state index in [2.05, 4.69) is 24.4 Å². The van der Waals surface area contributed by atoms with Crippen molar-refractivity contribution in [1.82, 2.24) is 5.32 Å². The highest BCUT2D eigenvalue weighted by Gasteiger charge is 2.20. The molecule has 3 heteroatoms. The van der Waals surface area contributed by atoms with Crippen molar-refractivity contribution >= 4 is 0 Å². The fraction of sp³-hybridized carbons (Fsp3) is 0.647. The van der Waals surface area contributed by atoms with Gasteiger partial charge < -0.3 is 14.8 Å². The molecule has 2 atom stereocenters. The molecule has 3 nitrogen and oxygen atoms in total. The summed E-state index contributed by atoms with van der Waals surface area (Å²) in [6.07, 6.45) is 6.23. The molecular weight excluding hydrogens is 250 g/mol. The van der Waals surface area contributed by atoms with Crippen LogP contribution in [0, 0.1) is 0 Å². The quantitative estimate of drug-likeness (QED) is 0.830. The topological polar surface area (TPSA) is 30.5 Å². The van der Waals surface area contributed by atoms with Crippen LogP contribution in [0.15, 0.2) is 24.3 Å². The van der Waals surface area contributed by atoms with Crippen LogP contribution in [0.3, 0.4) is 0 Å². The van der Waals surface area contributed by atoms with Gasteiger partial charge in [-0.2, -0.15) is 0 Å². The van der Waals surface area contributed by atoms with Crippen LogP contribution in [-0.4, -0.2) is 32.4 Å². The number of para-hydroxylation sites is 1. The Hall–Kier alpha value is -1.06. The van der Waals surface area contributed by atoms with Gasteiger partial charge in [0.2, 0.25) is 0 Å². The number of ether oxygens (including phenoxy) is 2. The van der Waals surface area contributed by atoms with E-state index >= 15 is 0 Å². The van der Waals surface area contributed by atoms with Crippen molar-refractivity contribution in [2.45, 2.75) is 51.2 Å². The Morgan fingerprint density at radius 2 is 2.20 bits per heavy atom. The summed E-state index contributed by atoms with van der Waals surface area (Å²) in [5.41, 5.74) is 1.27. The lowest BCUT2D eigenvalue weighted by atomic mass is 9.96. The zero-order valence-corrected chi connectivity index (χ0v) is 12.7. The Balaban J connectivity index is 1.96. The van der Waals surface area contributed by atoms with Gasteiger partial charge in [-0.1, -0.05) is 25.1 Å². The molecule has 1 aliphatic rings. The minimum atomic E-state index is 0.419. The van der Waals surface area contributed by atoms with Gasteiger partial charge in [0.25, 0.3) is 0 Å². The summed E-state index contributed by atoms with van der Waals surface area (Å²) in [5.74, 6) is 0.986. The Morgan fingerprint density at radius 1 is 1.35 bits per heavy atom. The second-order valence-electron chi connectivity index (χ2n) is 5.49. The molecule has 1 N–H and O–H groups in total. The summed E-state index contributed by atoms with van der Waals surface area (Å²) < 4.78 is 11.3. The molecular formula is C17H27NO2. The Labute approximate surface area is 122 Å². The average Bonchev–Trinajstić information content (AvgIpc) is 2.49. The number of likely N-dealkylation sites (N-methyl/N-ethyl adjacent to an activating group) is 1. The summed E-state index contributed by atoms with van der Waals surface area (Å²) in [4.78, 5) is 0. The smallest absolute Gasteiger partial charge is 0.122 e. The molecule has 1 aromatic rings. The third kappa shape index (κ3) is 4.50. The molecule has 1 aromatic carbocycles. The molecule has 2 rings (SSSR count). The molecule has 0 amide bonds. The van der Waals surface area contributed by atoms with Crippen molar-refractivity contribution in [3.63, 3.8) is 0 Å². The van der Waals surface area contributed by atoms with Crippen LogP contribution in [0.4, 0.5) is 0 Å². The SMILES string of the molecule is CCNC(Cc1ccccc1OC)CC1CCCCO1. The van der Waals surface area contributed by atoms with E-state index in [0.717, 1.165) is 31.7 Å². The lowest BCUT2D eigenvalue weighted by Crippen LogP contribution is -2.36. The maximum absolute atomic E-state index is 5.88. The van der Waals surface area contributed by atoms with Crippen LogP contribution in [0.1, 0.15) is 38.2 Å². The number of hydrogen-bond acceptors (Lipinski definition) is 3. The molecule has 20 heavy (non-hydrogen) atoms. The number of rotatable bonds is 7. The van der Waals surface area contributed by atoms with E-state index in [9.17, 15) is 0 Å². The summed E-state index contributed by atoms with van der Waals surface area (Å²) in [6, 6.07) is 8.76. The summed E-state index contributed by atoms with van der Waals surface area (Å²) in [5, 5.41) is 3.59. The first kappa shape index (κ1) is 15.3. The van der Waals surface area contributed by atoms with Gasteiger partial charge in [-0.05, 0) is 50.3 Å². The fourth-order valence-corrected chi connectivity index (χ4v) is 2.98. The van der Waals surface area contributed by atoms with Crippen LogP contribution < -0.4 is 10.1 Å². The van der Waals surface area contributed by atoms with E-state index in [1.54, 1.807) is 7.11 Å².